The van der Waals surface area contributed by atoms with E-state index >= 15 is 0 Å². The number of rotatable bonds is 8. The lowest BCUT2D eigenvalue weighted by molar-refractivity contribution is -0.383. The number of carbonyl (C=O) groups is 1. The predicted molar refractivity (Wildman–Crippen MR) is 125 cm³/mol. The van der Waals surface area contributed by atoms with Gasteiger partial charge in [-0.15, -0.1) is 10.2 Å². The van der Waals surface area contributed by atoms with E-state index in [-0.39, 0.29) is 23.7 Å². The van der Waals surface area contributed by atoms with Crippen LogP contribution in [0.3, 0.4) is 0 Å². The van der Waals surface area contributed by atoms with Gasteiger partial charge in [0.2, 0.25) is 11.9 Å². The van der Waals surface area contributed by atoms with Gasteiger partial charge in [-0.2, -0.15) is 0 Å². The van der Waals surface area contributed by atoms with Gasteiger partial charge in [0.25, 0.3) is 5.69 Å². The summed E-state index contributed by atoms with van der Waals surface area (Å²) >= 11 is 7.85. The van der Waals surface area contributed by atoms with Gasteiger partial charge < -0.3 is 10.2 Å². The molecule has 0 radical (unpaired) electrons. The van der Waals surface area contributed by atoms with E-state index in [1.807, 2.05) is 28.8 Å². The molecule has 0 atom stereocenters. The van der Waals surface area contributed by atoms with Crippen LogP contribution in [0.5, 0.6) is 0 Å². The van der Waals surface area contributed by atoms with E-state index in [4.69, 9.17) is 11.6 Å². The van der Waals surface area contributed by atoms with Crippen molar-refractivity contribution in [2.45, 2.75) is 24.4 Å². The molecule has 9 nitrogen and oxygen atoms in total. The summed E-state index contributed by atoms with van der Waals surface area (Å²) in [4.78, 5) is 25.2. The van der Waals surface area contributed by atoms with Gasteiger partial charge in [0.1, 0.15) is 5.69 Å². The maximum absolute atomic E-state index is 12.4. The molecular formula is C21H21ClN6O3S. The number of aromatic nitrogens is 3. The Bertz CT molecular complexity index is 1130. The Kier molecular flexibility index (Phi) is 6.91. The maximum Gasteiger partial charge on any atom is 0.292 e. The monoisotopic (exact) mass is 472 g/mol. The molecular weight excluding hydrogens is 452 g/mol. The molecule has 1 N–H and O–H groups in total. The van der Waals surface area contributed by atoms with Crippen LogP contribution < -0.4 is 10.2 Å². The quantitative estimate of drug-likeness (QED) is 0.291. The number of hydrogen-bond acceptors (Lipinski definition) is 7. The number of nitro benzene ring substituents is 1. The van der Waals surface area contributed by atoms with Crippen molar-refractivity contribution in [2.75, 3.05) is 29.1 Å². The van der Waals surface area contributed by atoms with Gasteiger partial charge in [-0.05, 0) is 31.0 Å². The first-order chi connectivity index (χ1) is 15.5. The minimum atomic E-state index is -0.518. The van der Waals surface area contributed by atoms with Crippen LogP contribution in [0.4, 0.5) is 17.3 Å². The van der Waals surface area contributed by atoms with Crippen LogP contribution in [0.25, 0.3) is 5.69 Å². The van der Waals surface area contributed by atoms with Crippen LogP contribution in [0, 0.1) is 10.1 Å². The number of anilines is 2. The minimum absolute atomic E-state index is 0.137. The van der Waals surface area contributed by atoms with E-state index < -0.39 is 4.92 Å². The van der Waals surface area contributed by atoms with E-state index in [0.29, 0.717) is 15.9 Å². The maximum atomic E-state index is 12.4. The Morgan fingerprint density at radius 3 is 2.59 bits per heavy atom. The summed E-state index contributed by atoms with van der Waals surface area (Å²) in [5.41, 5.74) is 0.832. The molecule has 4 rings (SSSR count). The van der Waals surface area contributed by atoms with Crippen molar-refractivity contribution in [1.29, 1.82) is 0 Å². The molecule has 3 aromatic rings. The second kappa shape index (κ2) is 10.0. The third-order valence-electron chi connectivity index (χ3n) is 5.03. The Morgan fingerprint density at radius 2 is 1.84 bits per heavy atom. The van der Waals surface area contributed by atoms with Crippen LogP contribution >= 0.6 is 23.4 Å². The molecule has 1 aliphatic heterocycles. The van der Waals surface area contributed by atoms with Crippen molar-refractivity contribution < 1.29 is 9.72 Å². The number of thioether (sulfide) groups is 1. The highest BCUT2D eigenvalue weighted by Crippen LogP contribution is 2.32. The van der Waals surface area contributed by atoms with Gasteiger partial charge in [0.05, 0.1) is 15.6 Å². The van der Waals surface area contributed by atoms with Gasteiger partial charge in [-0.25, -0.2) is 0 Å². The second-order valence-corrected chi connectivity index (χ2v) is 8.65. The summed E-state index contributed by atoms with van der Waals surface area (Å²) in [6.07, 6.45) is 2.36. The van der Waals surface area contributed by atoms with Gasteiger partial charge in [0.15, 0.2) is 5.16 Å². The van der Waals surface area contributed by atoms with Crippen LogP contribution in [0.2, 0.25) is 5.02 Å². The summed E-state index contributed by atoms with van der Waals surface area (Å²) in [7, 11) is 0. The molecule has 1 aromatic heterocycles. The van der Waals surface area contributed by atoms with Crippen molar-refractivity contribution in [1.82, 2.24) is 14.8 Å². The lowest BCUT2D eigenvalue weighted by atomic mass is 10.2. The fraction of sp³-hybridized carbons (Fsp3) is 0.286. The largest absolute Gasteiger partial charge is 0.341 e. The summed E-state index contributed by atoms with van der Waals surface area (Å²) in [5, 5.41) is 23.7. The van der Waals surface area contributed by atoms with Crippen molar-refractivity contribution in [3.05, 3.63) is 63.7 Å². The fourth-order valence-electron chi connectivity index (χ4n) is 3.51. The summed E-state index contributed by atoms with van der Waals surface area (Å²) in [5.74, 6) is 0.854. The number of benzene rings is 2. The first-order valence-electron chi connectivity index (χ1n) is 10.2. The number of nitrogens with zero attached hydrogens (tertiary/aromatic N) is 5. The number of carbonyl (C=O) groups excluding carboxylic acids is 1. The van der Waals surface area contributed by atoms with Crippen molar-refractivity contribution in [3.8, 4) is 5.69 Å². The molecule has 2 aromatic carbocycles. The molecule has 166 valence electrons. The molecule has 1 fully saturated rings. The lowest BCUT2D eigenvalue weighted by Crippen LogP contribution is -2.22. The zero-order valence-corrected chi connectivity index (χ0v) is 18.7. The van der Waals surface area contributed by atoms with E-state index in [2.05, 4.69) is 20.4 Å². The highest BCUT2D eigenvalue weighted by atomic mass is 35.5. The molecule has 1 aliphatic rings. The normalized spacial score (nSPS) is 13.3. The highest BCUT2D eigenvalue weighted by molar-refractivity contribution is 7.99. The number of nitrogens with one attached hydrogen (secondary N) is 1. The Hall–Kier alpha value is -3.11. The highest BCUT2D eigenvalue weighted by Gasteiger charge is 2.23. The predicted octanol–water partition coefficient (Wildman–Crippen LogP) is 4.55. The van der Waals surface area contributed by atoms with Gasteiger partial charge in [-0.3, -0.25) is 19.5 Å². The van der Waals surface area contributed by atoms with Gasteiger partial charge in [0, 0.05) is 31.3 Å². The Balaban J connectivity index is 1.47. The SMILES string of the molecule is O=C(CCSc1nnc(N2CCCC2)n1-c1ccccc1Cl)Nc1ccccc1[N+](=O)[O-]. The molecule has 0 unspecified atom stereocenters. The number of nitro groups is 1. The van der Waals surface area contributed by atoms with E-state index in [1.54, 1.807) is 12.1 Å². The van der Waals surface area contributed by atoms with Gasteiger partial charge >= 0.3 is 0 Å². The standard InChI is InChI=1S/C21H21ClN6O3S/c22-15-7-1-3-9-17(15)27-20(26-12-5-6-13-26)24-25-21(27)32-14-11-19(29)23-16-8-2-4-10-18(16)28(30)31/h1-4,7-10H,5-6,11-14H2,(H,23,29). The molecule has 11 heteroatoms. The second-order valence-electron chi connectivity index (χ2n) is 7.18. The molecule has 1 saturated heterocycles. The summed E-state index contributed by atoms with van der Waals surface area (Å²) in [6, 6.07) is 13.6. The Morgan fingerprint density at radius 1 is 1.12 bits per heavy atom. The van der Waals surface area contributed by atoms with Crippen LogP contribution in [0.15, 0.2) is 53.7 Å². The van der Waals surface area contributed by atoms with Crippen molar-refractivity contribution in [3.63, 3.8) is 0 Å². The number of amides is 1. The van der Waals surface area contributed by atoms with E-state index in [1.165, 1.54) is 23.9 Å². The lowest BCUT2D eigenvalue weighted by Gasteiger charge is -2.19. The number of hydrogen-bond donors (Lipinski definition) is 1. The third-order valence-corrected chi connectivity index (χ3v) is 6.28. The first-order valence-corrected chi connectivity index (χ1v) is 11.5. The minimum Gasteiger partial charge on any atom is -0.341 e. The van der Waals surface area contributed by atoms with Crippen LogP contribution in [-0.4, -0.2) is 44.4 Å². The van der Waals surface area contributed by atoms with Gasteiger partial charge in [-0.1, -0.05) is 47.6 Å². The first kappa shape index (κ1) is 22.1. The zero-order chi connectivity index (χ0) is 22.5. The van der Waals surface area contributed by atoms with E-state index in [0.717, 1.165) is 37.6 Å². The number of halogens is 1. The van der Waals surface area contributed by atoms with Crippen molar-refractivity contribution in [2.24, 2.45) is 0 Å². The zero-order valence-electron chi connectivity index (χ0n) is 17.1. The molecule has 0 aliphatic carbocycles. The molecule has 2 heterocycles. The third kappa shape index (κ3) is 4.86. The molecule has 0 saturated carbocycles. The van der Waals surface area contributed by atoms with E-state index in [9.17, 15) is 14.9 Å². The topological polar surface area (TPSA) is 106 Å². The smallest absolute Gasteiger partial charge is 0.292 e. The molecule has 0 spiro atoms. The molecule has 32 heavy (non-hydrogen) atoms. The Labute approximate surface area is 193 Å². The fourth-order valence-corrected chi connectivity index (χ4v) is 4.61. The average Bonchev–Trinajstić information content (AvgIpc) is 3.44. The van der Waals surface area contributed by atoms with Crippen LogP contribution in [-0.2, 0) is 4.79 Å². The molecule has 0 bridgehead atoms. The summed E-state index contributed by atoms with van der Waals surface area (Å²) in [6.45, 7) is 1.82. The molecule has 1 amide bonds. The van der Waals surface area contributed by atoms with Crippen molar-refractivity contribution >= 4 is 46.6 Å². The number of para-hydroxylation sites is 3. The van der Waals surface area contributed by atoms with Crippen LogP contribution in [0.1, 0.15) is 19.3 Å². The average molecular weight is 473 g/mol. The summed E-state index contributed by atoms with van der Waals surface area (Å²) < 4.78 is 1.93.